The zero-order chi connectivity index (χ0) is 29.2. The van der Waals surface area contributed by atoms with Crippen molar-refractivity contribution in [2.45, 2.75) is 12.3 Å². The number of imidazole rings is 1. The number of methoxy groups -OCH3 is 3. The molecule has 1 fully saturated rings. The normalized spacial score (nSPS) is 15.6. The van der Waals surface area contributed by atoms with Crippen LogP contribution in [0.4, 0.5) is 11.4 Å². The summed E-state index contributed by atoms with van der Waals surface area (Å²) in [6, 6.07) is 26.4. The van der Waals surface area contributed by atoms with Gasteiger partial charge in [-0.15, -0.1) is 0 Å². The summed E-state index contributed by atoms with van der Waals surface area (Å²) >= 11 is 0. The maximum atomic E-state index is 13.0. The van der Waals surface area contributed by atoms with Gasteiger partial charge in [-0.25, -0.2) is 4.98 Å². The minimum Gasteiger partial charge on any atom is -0.493 e. The third-order valence-electron chi connectivity index (χ3n) is 7.45. The van der Waals surface area contributed by atoms with E-state index in [1.807, 2.05) is 60.7 Å². The highest BCUT2D eigenvalue weighted by Crippen LogP contribution is 2.48. The van der Waals surface area contributed by atoms with Gasteiger partial charge in [0.25, 0.3) is 5.91 Å². The SMILES string of the molecule is COc1cc(C(=O)Nc2ccc(-c3nc4ccc(NC(=O)C5CC5c5ccccc5)cc4[nH]3)cc2)cc(OC)c1OC. The average molecular weight is 563 g/mol. The summed E-state index contributed by atoms with van der Waals surface area (Å²) in [6.45, 7) is 0. The average Bonchev–Trinajstić information content (AvgIpc) is 3.73. The van der Waals surface area contributed by atoms with Crippen molar-refractivity contribution in [2.75, 3.05) is 32.0 Å². The van der Waals surface area contributed by atoms with Crippen LogP contribution in [0.5, 0.6) is 17.2 Å². The second kappa shape index (κ2) is 11.3. The Bertz CT molecular complexity index is 1740. The summed E-state index contributed by atoms with van der Waals surface area (Å²) in [7, 11) is 4.51. The van der Waals surface area contributed by atoms with Crippen LogP contribution >= 0.6 is 0 Å². The molecule has 0 spiro atoms. The van der Waals surface area contributed by atoms with E-state index in [0.717, 1.165) is 28.7 Å². The highest BCUT2D eigenvalue weighted by Gasteiger charge is 2.43. The van der Waals surface area contributed by atoms with E-state index in [-0.39, 0.29) is 23.7 Å². The highest BCUT2D eigenvalue weighted by atomic mass is 16.5. The standard InChI is InChI=1S/C33H30N4O5/c1-40-28-15-21(16-29(41-2)30(28)42-3)32(38)34-22-11-9-20(10-12-22)31-36-26-14-13-23(17-27(26)37-31)35-33(39)25-18-24(25)19-7-5-4-6-8-19/h4-17,24-25H,18H2,1-3H3,(H,34,38)(H,35,39)(H,36,37). The predicted molar refractivity (Wildman–Crippen MR) is 162 cm³/mol. The van der Waals surface area contributed by atoms with E-state index in [1.54, 1.807) is 12.1 Å². The minimum absolute atomic E-state index is 0.00629. The number of hydrogen-bond donors (Lipinski definition) is 3. The van der Waals surface area contributed by atoms with Gasteiger partial charge in [-0.05, 0) is 72.5 Å². The van der Waals surface area contributed by atoms with Crippen LogP contribution in [0.25, 0.3) is 22.4 Å². The van der Waals surface area contributed by atoms with Gasteiger partial charge in [0.2, 0.25) is 11.7 Å². The first-order valence-corrected chi connectivity index (χ1v) is 13.5. The monoisotopic (exact) mass is 562 g/mol. The number of nitrogens with one attached hydrogen (secondary N) is 3. The van der Waals surface area contributed by atoms with Crippen molar-refractivity contribution in [1.82, 2.24) is 9.97 Å². The third-order valence-corrected chi connectivity index (χ3v) is 7.45. The second-order valence-electron chi connectivity index (χ2n) is 10.1. The molecule has 1 aromatic heterocycles. The van der Waals surface area contributed by atoms with Gasteiger partial charge in [-0.1, -0.05) is 30.3 Å². The molecule has 9 nitrogen and oxygen atoms in total. The summed E-state index contributed by atoms with van der Waals surface area (Å²) in [4.78, 5) is 33.8. The fraction of sp³-hybridized carbons (Fsp3) is 0.182. The van der Waals surface area contributed by atoms with Gasteiger partial charge in [-0.3, -0.25) is 9.59 Å². The smallest absolute Gasteiger partial charge is 0.255 e. The molecule has 6 rings (SSSR count). The molecule has 2 amide bonds. The van der Waals surface area contributed by atoms with Crippen molar-refractivity contribution >= 4 is 34.2 Å². The van der Waals surface area contributed by atoms with Gasteiger partial charge in [0.05, 0.1) is 32.4 Å². The Morgan fingerprint density at radius 1 is 0.810 bits per heavy atom. The largest absolute Gasteiger partial charge is 0.493 e. The lowest BCUT2D eigenvalue weighted by molar-refractivity contribution is -0.117. The van der Waals surface area contributed by atoms with E-state index in [9.17, 15) is 9.59 Å². The fourth-order valence-corrected chi connectivity index (χ4v) is 5.14. The van der Waals surface area contributed by atoms with Crippen LogP contribution < -0.4 is 24.8 Å². The number of ether oxygens (including phenoxy) is 3. The number of aromatic nitrogens is 2. The number of hydrogen-bond acceptors (Lipinski definition) is 6. The minimum atomic E-state index is -0.318. The highest BCUT2D eigenvalue weighted by molar-refractivity contribution is 6.05. The van der Waals surface area contributed by atoms with Crippen molar-refractivity contribution in [3.05, 3.63) is 96.1 Å². The van der Waals surface area contributed by atoms with Gasteiger partial charge < -0.3 is 29.8 Å². The molecule has 0 radical (unpaired) electrons. The molecule has 212 valence electrons. The quantitative estimate of drug-likeness (QED) is 0.196. The lowest BCUT2D eigenvalue weighted by Gasteiger charge is -2.14. The molecule has 1 aliphatic carbocycles. The van der Waals surface area contributed by atoms with Crippen LogP contribution in [0.3, 0.4) is 0 Å². The van der Waals surface area contributed by atoms with Gasteiger partial charge in [-0.2, -0.15) is 0 Å². The van der Waals surface area contributed by atoms with Crippen LogP contribution in [-0.4, -0.2) is 43.1 Å². The number of anilines is 2. The van der Waals surface area contributed by atoms with Crippen molar-refractivity contribution in [3.63, 3.8) is 0 Å². The topological polar surface area (TPSA) is 115 Å². The van der Waals surface area contributed by atoms with E-state index in [1.165, 1.54) is 26.9 Å². The molecule has 0 bridgehead atoms. The van der Waals surface area contributed by atoms with Crippen LogP contribution in [0.2, 0.25) is 0 Å². The van der Waals surface area contributed by atoms with Crippen molar-refractivity contribution in [3.8, 4) is 28.6 Å². The lowest BCUT2D eigenvalue weighted by atomic mass is 10.1. The Morgan fingerprint density at radius 3 is 2.17 bits per heavy atom. The molecule has 2 atom stereocenters. The molecule has 2 unspecified atom stereocenters. The third kappa shape index (κ3) is 5.36. The number of H-pyrrole nitrogens is 1. The molecule has 9 heteroatoms. The summed E-state index contributed by atoms with van der Waals surface area (Å²) in [6.07, 6.45) is 0.866. The molecule has 42 heavy (non-hydrogen) atoms. The Labute approximate surface area is 242 Å². The Morgan fingerprint density at radius 2 is 1.50 bits per heavy atom. The molecule has 1 saturated carbocycles. The number of carbonyl (C=O) groups excluding carboxylic acids is 2. The molecule has 4 aromatic carbocycles. The number of nitrogens with zero attached hydrogens (tertiary/aromatic N) is 1. The van der Waals surface area contributed by atoms with E-state index < -0.39 is 0 Å². The number of carbonyl (C=O) groups is 2. The maximum absolute atomic E-state index is 13.0. The molecule has 1 aliphatic rings. The van der Waals surface area contributed by atoms with Crippen LogP contribution in [0, 0.1) is 5.92 Å². The Balaban J connectivity index is 1.12. The van der Waals surface area contributed by atoms with Crippen molar-refractivity contribution in [2.24, 2.45) is 5.92 Å². The van der Waals surface area contributed by atoms with Crippen LogP contribution in [-0.2, 0) is 4.79 Å². The number of aromatic amines is 1. The Kier molecular flexibility index (Phi) is 7.23. The number of rotatable bonds is 9. The number of benzene rings is 4. The van der Waals surface area contributed by atoms with Gasteiger partial charge >= 0.3 is 0 Å². The second-order valence-corrected chi connectivity index (χ2v) is 10.1. The zero-order valence-corrected chi connectivity index (χ0v) is 23.4. The van der Waals surface area contributed by atoms with Gasteiger partial charge in [0.1, 0.15) is 5.82 Å². The first-order chi connectivity index (χ1) is 20.5. The first-order valence-electron chi connectivity index (χ1n) is 13.5. The van der Waals surface area contributed by atoms with Gasteiger partial charge in [0.15, 0.2) is 11.5 Å². The molecule has 5 aromatic rings. The van der Waals surface area contributed by atoms with Gasteiger partial charge in [0, 0.05) is 28.4 Å². The zero-order valence-electron chi connectivity index (χ0n) is 23.4. The Hall–Kier alpha value is -5.31. The molecule has 0 aliphatic heterocycles. The van der Waals surface area contributed by atoms with Crippen LogP contribution in [0.1, 0.15) is 28.3 Å². The number of amides is 2. The van der Waals surface area contributed by atoms with E-state index in [0.29, 0.717) is 34.3 Å². The molecule has 3 N–H and O–H groups in total. The van der Waals surface area contributed by atoms with E-state index in [2.05, 4.69) is 27.8 Å². The summed E-state index contributed by atoms with van der Waals surface area (Å²) in [5, 5.41) is 5.95. The summed E-state index contributed by atoms with van der Waals surface area (Å²) < 4.78 is 16.0. The summed E-state index contributed by atoms with van der Waals surface area (Å²) in [5.41, 5.74) is 5.38. The molecular weight excluding hydrogens is 532 g/mol. The fourth-order valence-electron chi connectivity index (χ4n) is 5.14. The molecule has 1 heterocycles. The lowest BCUT2D eigenvalue weighted by Crippen LogP contribution is -2.14. The summed E-state index contributed by atoms with van der Waals surface area (Å²) in [5.74, 6) is 1.89. The predicted octanol–water partition coefficient (Wildman–Crippen LogP) is 6.25. The first kappa shape index (κ1) is 26.9. The maximum Gasteiger partial charge on any atom is 0.255 e. The van der Waals surface area contributed by atoms with Crippen molar-refractivity contribution < 1.29 is 23.8 Å². The number of fused-ring (bicyclic) bond motifs is 1. The molecule has 0 saturated heterocycles. The molecular formula is C33H30N4O5. The van der Waals surface area contributed by atoms with E-state index >= 15 is 0 Å². The van der Waals surface area contributed by atoms with E-state index in [4.69, 9.17) is 19.2 Å². The van der Waals surface area contributed by atoms with Crippen molar-refractivity contribution in [1.29, 1.82) is 0 Å². The van der Waals surface area contributed by atoms with Crippen LogP contribution in [0.15, 0.2) is 84.9 Å².